The van der Waals surface area contributed by atoms with Gasteiger partial charge in [-0.3, -0.25) is 0 Å². The summed E-state index contributed by atoms with van der Waals surface area (Å²) in [6.45, 7) is 7.70. The molecule has 2 fully saturated rings. The predicted molar refractivity (Wildman–Crippen MR) is 67.5 cm³/mol. The zero-order valence-electron chi connectivity index (χ0n) is 10.5. The van der Waals surface area contributed by atoms with Crippen LogP contribution in [0.2, 0.25) is 0 Å². The molecule has 0 heterocycles. The number of hydrogen-bond donors (Lipinski definition) is 1. The van der Waals surface area contributed by atoms with Crippen LogP contribution >= 0.6 is 0 Å². The van der Waals surface area contributed by atoms with Gasteiger partial charge < -0.3 is 10.1 Å². The van der Waals surface area contributed by atoms with Crippen LogP contribution in [0.1, 0.15) is 45.4 Å². The van der Waals surface area contributed by atoms with Gasteiger partial charge >= 0.3 is 0 Å². The van der Waals surface area contributed by atoms with Crippen LogP contribution in [-0.2, 0) is 4.74 Å². The molecule has 0 bridgehead atoms. The van der Waals surface area contributed by atoms with Gasteiger partial charge in [-0.05, 0) is 26.2 Å². The van der Waals surface area contributed by atoms with Crippen LogP contribution in [-0.4, -0.2) is 25.3 Å². The van der Waals surface area contributed by atoms with E-state index in [0.717, 1.165) is 13.2 Å². The second kappa shape index (κ2) is 5.33. The molecule has 2 saturated carbocycles. The molecule has 1 N–H and O–H groups in total. The molecule has 2 unspecified atom stereocenters. The first-order chi connectivity index (χ1) is 7.83. The van der Waals surface area contributed by atoms with E-state index in [0.29, 0.717) is 17.6 Å². The van der Waals surface area contributed by atoms with Crippen LogP contribution in [0.4, 0.5) is 0 Å². The summed E-state index contributed by atoms with van der Waals surface area (Å²) in [7, 11) is 0. The van der Waals surface area contributed by atoms with Crippen molar-refractivity contribution in [2.45, 2.75) is 57.6 Å². The lowest BCUT2D eigenvalue weighted by atomic mass is 9.55. The zero-order valence-corrected chi connectivity index (χ0v) is 10.5. The Morgan fingerprint density at radius 1 is 1.38 bits per heavy atom. The molecule has 0 radical (unpaired) electrons. The number of ether oxygens (including phenoxy) is 1. The Labute approximate surface area is 99.4 Å². The predicted octanol–water partition coefficient (Wildman–Crippen LogP) is 2.89. The molecule has 0 aromatic rings. The molecule has 0 aromatic carbocycles. The number of nitrogens with one attached hydrogen (secondary N) is 1. The molecule has 16 heavy (non-hydrogen) atoms. The highest BCUT2D eigenvalue weighted by Crippen LogP contribution is 2.53. The molecule has 92 valence electrons. The zero-order chi connectivity index (χ0) is 11.4. The smallest absolute Gasteiger partial charge is 0.0661 e. The normalized spacial score (nSPS) is 32.3. The molecule has 0 saturated heterocycles. The molecule has 0 aliphatic heterocycles. The monoisotopic (exact) mass is 223 g/mol. The van der Waals surface area contributed by atoms with E-state index >= 15 is 0 Å². The van der Waals surface area contributed by atoms with E-state index in [1.54, 1.807) is 0 Å². The molecule has 1 spiro atoms. The molecule has 2 atom stereocenters. The highest BCUT2D eigenvalue weighted by molar-refractivity contribution is 5.09. The minimum Gasteiger partial charge on any atom is -0.378 e. The minimum atomic E-state index is 0.456. The summed E-state index contributed by atoms with van der Waals surface area (Å²) in [4.78, 5) is 0. The van der Waals surface area contributed by atoms with Crippen molar-refractivity contribution in [1.82, 2.24) is 5.32 Å². The summed E-state index contributed by atoms with van der Waals surface area (Å²) in [6, 6.07) is 0.669. The van der Waals surface area contributed by atoms with Gasteiger partial charge in [0.05, 0.1) is 6.10 Å². The molecular weight excluding hydrogens is 198 g/mol. The van der Waals surface area contributed by atoms with E-state index in [1.807, 2.05) is 6.08 Å². The van der Waals surface area contributed by atoms with Crippen molar-refractivity contribution < 1.29 is 4.74 Å². The molecule has 2 aliphatic rings. The quantitative estimate of drug-likeness (QED) is 0.724. The average molecular weight is 223 g/mol. The molecule has 2 heteroatoms. The van der Waals surface area contributed by atoms with Gasteiger partial charge in [-0.25, -0.2) is 0 Å². The maximum atomic E-state index is 5.92. The summed E-state index contributed by atoms with van der Waals surface area (Å²) in [5, 5.41) is 3.62. The standard InChI is InChI=1S/C14H25NO/c1-3-10-15-12-11-13(16-4-2)14(12)8-6-5-7-9-14/h3,12-13,15H,1,4-11H2,2H3. The Morgan fingerprint density at radius 2 is 2.12 bits per heavy atom. The fraction of sp³-hybridized carbons (Fsp3) is 0.857. The molecule has 0 amide bonds. The number of rotatable bonds is 5. The lowest BCUT2D eigenvalue weighted by molar-refractivity contribution is -0.149. The second-order valence-electron chi connectivity index (χ2n) is 5.22. The lowest BCUT2D eigenvalue weighted by Gasteiger charge is -2.58. The van der Waals surface area contributed by atoms with Gasteiger partial charge in [-0.2, -0.15) is 0 Å². The van der Waals surface area contributed by atoms with Gasteiger partial charge in [0.15, 0.2) is 0 Å². The van der Waals surface area contributed by atoms with E-state index < -0.39 is 0 Å². The maximum absolute atomic E-state index is 5.92. The highest BCUT2D eigenvalue weighted by Gasteiger charge is 2.55. The van der Waals surface area contributed by atoms with Crippen LogP contribution in [0.25, 0.3) is 0 Å². The summed E-state index contributed by atoms with van der Waals surface area (Å²) in [5.74, 6) is 0. The topological polar surface area (TPSA) is 21.3 Å². The van der Waals surface area contributed by atoms with Crippen LogP contribution in [0, 0.1) is 5.41 Å². The van der Waals surface area contributed by atoms with Crippen molar-refractivity contribution in [3.63, 3.8) is 0 Å². The molecule has 2 rings (SSSR count). The van der Waals surface area contributed by atoms with Crippen molar-refractivity contribution in [2.75, 3.05) is 13.2 Å². The van der Waals surface area contributed by atoms with E-state index in [9.17, 15) is 0 Å². The molecule has 0 aromatic heterocycles. The molecular formula is C14H25NO. The van der Waals surface area contributed by atoms with E-state index in [2.05, 4.69) is 18.8 Å². The van der Waals surface area contributed by atoms with Crippen LogP contribution in [0.5, 0.6) is 0 Å². The van der Waals surface area contributed by atoms with Crippen molar-refractivity contribution in [3.8, 4) is 0 Å². The lowest BCUT2D eigenvalue weighted by Crippen LogP contribution is -2.64. The third kappa shape index (κ3) is 2.05. The Kier molecular flexibility index (Phi) is 4.04. The van der Waals surface area contributed by atoms with Crippen molar-refractivity contribution in [1.29, 1.82) is 0 Å². The van der Waals surface area contributed by atoms with E-state index in [4.69, 9.17) is 4.74 Å². The summed E-state index contributed by atoms with van der Waals surface area (Å²) < 4.78 is 5.92. The summed E-state index contributed by atoms with van der Waals surface area (Å²) >= 11 is 0. The van der Waals surface area contributed by atoms with Gasteiger partial charge in [0.1, 0.15) is 0 Å². The van der Waals surface area contributed by atoms with E-state index in [1.165, 1.54) is 38.5 Å². The Bertz CT molecular complexity index is 233. The summed E-state index contributed by atoms with van der Waals surface area (Å²) in [5.41, 5.74) is 0.456. The third-order valence-corrected chi connectivity index (χ3v) is 4.45. The first-order valence-electron chi connectivity index (χ1n) is 6.79. The maximum Gasteiger partial charge on any atom is 0.0661 e. The first kappa shape index (κ1) is 12.1. The van der Waals surface area contributed by atoms with Gasteiger partial charge in [-0.1, -0.05) is 25.3 Å². The first-order valence-corrected chi connectivity index (χ1v) is 6.79. The SMILES string of the molecule is C=CCNC1CC(OCC)C12CCCCC2. The molecule has 2 aliphatic carbocycles. The van der Waals surface area contributed by atoms with Crippen molar-refractivity contribution in [2.24, 2.45) is 5.41 Å². The fourth-order valence-electron chi connectivity index (χ4n) is 3.58. The van der Waals surface area contributed by atoms with Crippen molar-refractivity contribution in [3.05, 3.63) is 12.7 Å². The van der Waals surface area contributed by atoms with Gasteiger partial charge in [-0.15, -0.1) is 6.58 Å². The number of hydrogen-bond acceptors (Lipinski definition) is 2. The van der Waals surface area contributed by atoms with Crippen LogP contribution < -0.4 is 5.32 Å². The van der Waals surface area contributed by atoms with Gasteiger partial charge in [0, 0.05) is 24.6 Å². The highest BCUT2D eigenvalue weighted by atomic mass is 16.5. The summed E-state index contributed by atoms with van der Waals surface area (Å²) in [6.07, 6.45) is 10.6. The van der Waals surface area contributed by atoms with Crippen LogP contribution in [0.15, 0.2) is 12.7 Å². The Hall–Kier alpha value is -0.340. The molecule has 2 nitrogen and oxygen atoms in total. The van der Waals surface area contributed by atoms with Gasteiger partial charge in [0.25, 0.3) is 0 Å². The van der Waals surface area contributed by atoms with Crippen LogP contribution in [0.3, 0.4) is 0 Å². The third-order valence-electron chi connectivity index (χ3n) is 4.45. The Morgan fingerprint density at radius 3 is 2.75 bits per heavy atom. The largest absolute Gasteiger partial charge is 0.378 e. The van der Waals surface area contributed by atoms with Gasteiger partial charge in [0.2, 0.25) is 0 Å². The van der Waals surface area contributed by atoms with E-state index in [-0.39, 0.29) is 0 Å². The average Bonchev–Trinajstić information content (AvgIpc) is 2.34. The minimum absolute atomic E-state index is 0.456. The van der Waals surface area contributed by atoms with Crippen molar-refractivity contribution >= 4 is 0 Å². The fourth-order valence-corrected chi connectivity index (χ4v) is 3.58. The second-order valence-corrected chi connectivity index (χ2v) is 5.22. The Balaban J connectivity index is 1.97.